The lowest BCUT2D eigenvalue weighted by Gasteiger charge is -2.26. The van der Waals surface area contributed by atoms with E-state index in [4.69, 9.17) is 19.4 Å². The van der Waals surface area contributed by atoms with Crippen LogP contribution in [-0.4, -0.2) is 15.0 Å². The second kappa shape index (κ2) is 15.0. The van der Waals surface area contributed by atoms with Gasteiger partial charge in [0.2, 0.25) is 0 Å². The summed E-state index contributed by atoms with van der Waals surface area (Å²) in [7, 11) is 0. The van der Waals surface area contributed by atoms with Crippen LogP contribution in [0.4, 0.5) is 17.1 Å². The van der Waals surface area contributed by atoms with E-state index in [2.05, 4.69) is 163 Å². The topological polar surface area (TPSA) is 55.1 Å². The quantitative estimate of drug-likeness (QED) is 0.154. The summed E-state index contributed by atoms with van der Waals surface area (Å²) in [4.78, 5) is 17.5. The highest BCUT2D eigenvalue weighted by Gasteiger charge is 2.22. The first-order valence-corrected chi connectivity index (χ1v) is 20.1. The molecular weight excluding hydrogens is 733 g/mol. The molecule has 0 aliphatic rings. The molecule has 9 aromatic carbocycles. The van der Waals surface area contributed by atoms with Crippen molar-refractivity contribution in [1.29, 1.82) is 0 Å². The van der Waals surface area contributed by atoms with Crippen molar-refractivity contribution < 1.29 is 4.42 Å². The molecule has 5 nitrogen and oxygen atoms in total. The van der Waals surface area contributed by atoms with Crippen molar-refractivity contribution in [3.63, 3.8) is 0 Å². The number of hydrogen-bond donors (Lipinski definition) is 0. The number of benzene rings is 9. The van der Waals surface area contributed by atoms with Gasteiger partial charge < -0.3 is 9.32 Å². The van der Waals surface area contributed by atoms with Gasteiger partial charge in [0.05, 0.1) is 5.56 Å². The van der Waals surface area contributed by atoms with E-state index >= 15 is 0 Å². The van der Waals surface area contributed by atoms with E-state index in [9.17, 15) is 0 Å². The molecule has 0 unspecified atom stereocenters. The number of anilines is 3. The van der Waals surface area contributed by atoms with E-state index in [1.165, 1.54) is 11.1 Å². The Hall–Kier alpha value is -8.15. The zero-order chi connectivity index (χ0) is 39.8. The number of hydrogen-bond acceptors (Lipinski definition) is 5. The molecular formula is C55H36N4O. The molecule has 282 valence electrons. The van der Waals surface area contributed by atoms with Crippen LogP contribution in [0.15, 0.2) is 223 Å². The Labute approximate surface area is 347 Å². The molecule has 0 spiro atoms. The first-order chi connectivity index (χ1) is 29.7. The Bertz CT molecular complexity index is 3140. The number of nitrogens with zero attached hydrogens (tertiary/aromatic N) is 4. The normalized spacial score (nSPS) is 11.3. The van der Waals surface area contributed by atoms with Gasteiger partial charge in [-0.15, -0.1) is 0 Å². The molecule has 0 radical (unpaired) electrons. The van der Waals surface area contributed by atoms with Crippen LogP contribution in [0.2, 0.25) is 0 Å². The van der Waals surface area contributed by atoms with Crippen molar-refractivity contribution >= 4 is 49.8 Å². The van der Waals surface area contributed by atoms with E-state index in [-0.39, 0.29) is 0 Å². The van der Waals surface area contributed by atoms with E-state index in [0.29, 0.717) is 17.5 Å². The SMILES string of the molecule is c1ccc(-c2ccc(N(c3ccc(-c4ccccc4)cc3)c3ccc4oc5c(-c6nc(-c7ccccc7)nc(-c7ccccc7)n6)cc6ccccc6c5c4c3)cc2)cc1. The van der Waals surface area contributed by atoms with Gasteiger partial charge >= 0.3 is 0 Å². The summed E-state index contributed by atoms with van der Waals surface area (Å²) in [6.07, 6.45) is 0. The Morgan fingerprint density at radius 2 is 0.767 bits per heavy atom. The molecule has 2 aromatic heterocycles. The predicted molar refractivity (Wildman–Crippen MR) is 246 cm³/mol. The Morgan fingerprint density at radius 3 is 1.30 bits per heavy atom. The smallest absolute Gasteiger partial charge is 0.167 e. The summed E-state index contributed by atoms with van der Waals surface area (Å²) in [5.41, 5.74) is 12.0. The van der Waals surface area contributed by atoms with Gasteiger partial charge in [-0.25, -0.2) is 15.0 Å². The van der Waals surface area contributed by atoms with Gasteiger partial charge in [-0.1, -0.05) is 170 Å². The molecule has 0 aliphatic heterocycles. The fraction of sp³-hybridized carbons (Fsp3) is 0. The van der Waals surface area contributed by atoms with Crippen molar-refractivity contribution in [2.45, 2.75) is 0 Å². The van der Waals surface area contributed by atoms with Gasteiger partial charge in [0.15, 0.2) is 17.5 Å². The van der Waals surface area contributed by atoms with E-state index in [1.54, 1.807) is 0 Å². The minimum absolute atomic E-state index is 0.552. The lowest BCUT2D eigenvalue weighted by Crippen LogP contribution is -2.09. The lowest BCUT2D eigenvalue weighted by atomic mass is 9.99. The highest BCUT2D eigenvalue weighted by atomic mass is 16.3. The van der Waals surface area contributed by atoms with Crippen molar-refractivity contribution in [2.24, 2.45) is 0 Å². The molecule has 0 bridgehead atoms. The maximum absolute atomic E-state index is 6.89. The Kier molecular flexibility index (Phi) is 8.75. The first-order valence-electron chi connectivity index (χ1n) is 20.1. The summed E-state index contributed by atoms with van der Waals surface area (Å²) in [5, 5.41) is 4.19. The van der Waals surface area contributed by atoms with Crippen LogP contribution in [0, 0.1) is 0 Å². The van der Waals surface area contributed by atoms with Gasteiger partial charge in [0, 0.05) is 39.0 Å². The molecule has 0 aliphatic carbocycles. The third-order valence-corrected chi connectivity index (χ3v) is 11.1. The molecule has 60 heavy (non-hydrogen) atoms. The van der Waals surface area contributed by atoms with Crippen LogP contribution in [0.25, 0.3) is 89.1 Å². The maximum Gasteiger partial charge on any atom is 0.167 e. The highest BCUT2D eigenvalue weighted by Crippen LogP contribution is 2.44. The molecule has 0 N–H and O–H groups in total. The van der Waals surface area contributed by atoms with E-state index in [1.807, 2.05) is 60.7 Å². The minimum atomic E-state index is 0.552. The van der Waals surface area contributed by atoms with Gasteiger partial charge in [-0.2, -0.15) is 0 Å². The highest BCUT2D eigenvalue weighted by molar-refractivity contribution is 6.22. The minimum Gasteiger partial charge on any atom is -0.455 e. The predicted octanol–water partition coefficient (Wildman–Crippen LogP) is 14.7. The maximum atomic E-state index is 6.89. The largest absolute Gasteiger partial charge is 0.455 e. The third kappa shape index (κ3) is 6.45. The molecule has 0 amide bonds. The fourth-order valence-corrected chi connectivity index (χ4v) is 8.16. The van der Waals surface area contributed by atoms with Gasteiger partial charge in [0.25, 0.3) is 0 Å². The summed E-state index contributed by atoms with van der Waals surface area (Å²) in [5.74, 6) is 1.76. The molecule has 5 heteroatoms. The first kappa shape index (κ1) is 35.0. The van der Waals surface area contributed by atoms with Gasteiger partial charge in [0.1, 0.15) is 11.2 Å². The summed E-state index contributed by atoms with van der Waals surface area (Å²) < 4.78 is 6.89. The summed E-state index contributed by atoms with van der Waals surface area (Å²) in [6.45, 7) is 0. The zero-order valence-corrected chi connectivity index (χ0v) is 32.5. The van der Waals surface area contributed by atoms with Crippen molar-refractivity contribution in [1.82, 2.24) is 15.0 Å². The van der Waals surface area contributed by atoms with E-state index < -0.39 is 0 Å². The Balaban J connectivity index is 1.11. The van der Waals surface area contributed by atoms with Crippen LogP contribution in [-0.2, 0) is 0 Å². The van der Waals surface area contributed by atoms with Crippen molar-refractivity contribution in [3.8, 4) is 56.4 Å². The number of furan rings is 1. The van der Waals surface area contributed by atoms with Crippen molar-refractivity contribution in [2.75, 3.05) is 4.90 Å². The van der Waals surface area contributed by atoms with E-state index in [0.717, 1.165) is 77.6 Å². The molecule has 0 saturated carbocycles. The second-order valence-electron chi connectivity index (χ2n) is 14.8. The molecule has 0 saturated heterocycles. The standard InChI is InChI=1S/C55H36N4O/c1-5-15-37(16-6-1)39-25-29-44(30-26-39)59(45-31-27-40(28-32-45)38-17-7-2-8-18-38)46-33-34-50-48(36-46)51-47-24-14-13-23-43(47)35-49(52(51)60-50)55-57-53(41-19-9-3-10-20-41)56-54(58-55)42-21-11-4-12-22-42/h1-36H. The Morgan fingerprint density at radius 1 is 0.333 bits per heavy atom. The molecule has 0 fully saturated rings. The average Bonchev–Trinajstić information content (AvgIpc) is 3.72. The number of aromatic nitrogens is 3. The number of fused-ring (bicyclic) bond motifs is 5. The molecule has 2 heterocycles. The van der Waals surface area contributed by atoms with Crippen LogP contribution >= 0.6 is 0 Å². The average molecular weight is 769 g/mol. The fourth-order valence-electron chi connectivity index (χ4n) is 8.16. The molecule has 11 rings (SSSR count). The molecule has 11 aromatic rings. The second-order valence-corrected chi connectivity index (χ2v) is 14.8. The lowest BCUT2D eigenvalue weighted by molar-refractivity contribution is 0.670. The van der Waals surface area contributed by atoms with Crippen LogP contribution in [0.1, 0.15) is 0 Å². The van der Waals surface area contributed by atoms with Crippen molar-refractivity contribution in [3.05, 3.63) is 218 Å². The molecule has 0 atom stereocenters. The zero-order valence-electron chi connectivity index (χ0n) is 32.5. The summed E-state index contributed by atoms with van der Waals surface area (Å²) >= 11 is 0. The number of rotatable bonds is 8. The van der Waals surface area contributed by atoms with Crippen LogP contribution in [0.3, 0.4) is 0 Å². The van der Waals surface area contributed by atoms with Gasteiger partial charge in [-0.3, -0.25) is 0 Å². The van der Waals surface area contributed by atoms with Gasteiger partial charge in [-0.05, 0) is 81.6 Å². The van der Waals surface area contributed by atoms with Crippen LogP contribution in [0.5, 0.6) is 0 Å². The van der Waals surface area contributed by atoms with Crippen LogP contribution < -0.4 is 4.90 Å². The monoisotopic (exact) mass is 768 g/mol. The third-order valence-electron chi connectivity index (χ3n) is 11.1. The summed E-state index contributed by atoms with van der Waals surface area (Å²) in [6, 6.07) is 75.9.